The molecule has 4 N–H and O–H groups in total. The van der Waals surface area contributed by atoms with Crippen molar-refractivity contribution in [2.24, 2.45) is 0 Å². The summed E-state index contributed by atoms with van der Waals surface area (Å²) in [5.41, 5.74) is 0.0372. The first-order valence-electron chi connectivity index (χ1n) is 9.70. The minimum absolute atomic E-state index is 0.128. The minimum Gasteiger partial charge on any atom is -0.458 e. The highest BCUT2D eigenvalue weighted by atomic mass is 16.6. The molecule has 0 aliphatic heterocycles. The van der Waals surface area contributed by atoms with Crippen molar-refractivity contribution in [2.45, 2.75) is 64.8 Å². The van der Waals surface area contributed by atoms with Crippen molar-refractivity contribution in [1.82, 2.24) is 16.0 Å². The molecular weight excluding hydrogens is 390 g/mol. The third kappa shape index (κ3) is 9.04. The van der Waals surface area contributed by atoms with Gasteiger partial charge in [0.15, 0.2) is 6.04 Å². The third-order valence-corrected chi connectivity index (χ3v) is 3.92. The van der Waals surface area contributed by atoms with Crippen LogP contribution in [-0.4, -0.2) is 59.1 Å². The third-order valence-electron chi connectivity index (χ3n) is 3.92. The number of ether oxygens (including phenoxy) is 1. The first kappa shape index (κ1) is 25.1. The van der Waals surface area contributed by atoms with Gasteiger partial charge in [-0.25, -0.2) is 4.79 Å². The Kier molecular flexibility index (Phi) is 9.45. The Morgan fingerprint density at radius 1 is 0.933 bits per heavy atom. The standard InChI is InChI=1S/C21H31N3O6/c1-13(22-17(26)11-15-9-7-6-8-10-15)18(27)23-14(2)19(28)24-16(12-25)20(29)30-21(3,4)5/h6-10,13-14,16,25H,11-12H2,1-5H3,(H,22,26)(H,23,27)(H,24,28)/t13-,14-,16-/m0/s1. The molecule has 1 rings (SSSR count). The van der Waals surface area contributed by atoms with Gasteiger partial charge >= 0.3 is 5.97 Å². The van der Waals surface area contributed by atoms with Crippen LogP contribution in [0.4, 0.5) is 0 Å². The second-order valence-corrected chi connectivity index (χ2v) is 7.96. The summed E-state index contributed by atoms with van der Waals surface area (Å²) >= 11 is 0. The van der Waals surface area contributed by atoms with E-state index in [9.17, 15) is 24.3 Å². The number of hydrogen-bond acceptors (Lipinski definition) is 6. The summed E-state index contributed by atoms with van der Waals surface area (Å²) in [5.74, 6) is -2.34. The number of carbonyl (C=O) groups is 4. The number of rotatable bonds is 9. The van der Waals surface area contributed by atoms with E-state index in [0.717, 1.165) is 5.56 Å². The van der Waals surface area contributed by atoms with Gasteiger partial charge in [0, 0.05) is 0 Å². The molecule has 3 atom stereocenters. The molecule has 0 aliphatic carbocycles. The molecule has 166 valence electrons. The smallest absolute Gasteiger partial charge is 0.331 e. The molecule has 30 heavy (non-hydrogen) atoms. The number of benzene rings is 1. The Bertz CT molecular complexity index is 745. The normalized spacial score (nSPS) is 14.1. The first-order chi connectivity index (χ1) is 13.9. The minimum atomic E-state index is -1.25. The Balaban J connectivity index is 2.53. The molecule has 1 aromatic rings. The zero-order chi connectivity index (χ0) is 22.9. The molecule has 0 spiro atoms. The van der Waals surface area contributed by atoms with Crippen LogP contribution in [-0.2, 0) is 30.3 Å². The van der Waals surface area contributed by atoms with Crippen LogP contribution in [0, 0.1) is 0 Å². The van der Waals surface area contributed by atoms with Gasteiger partial charge in [-0.2, -0.15) is 0 Å². The lowest BCUT2D eigenvalue weighted by Crippen LogP contribution is -2.55. The SMILES string of the molecule is C[C@H](NC(=O)Cc1ccccc1)C(=O)N[C@@H](C)C(=O)N[C@@H](CO)C(=O)OC(C)(C)C. The average Bonchev–Trinajstić information content (AvgIpc) is 2.64. The number of carbonyl (C=O) groups excluding carboxylic acids is 4. The highest BCUT2D eigenvalue weighted by Crippen LogP contribution is 2.08. The molecule has 0 fully saturated rings. The van der Waals surface area contributed by atoms with Gasteiger partial charge in [-0.3, -0.25) is 14.4 Å². The van der Waals surface area contributed by atoms with Gasteiger partial charge in [0.25, 0.3) is 0 Å². The van der Waals surface area contributed by atoms with Gasteiger partial charge in [0.1, 0.15) is 17.7 Å². The molecule has 0 aliphatic rings. The van der Waals surface area contributed by atoms with E-state index in [0.29, 0.717) is 0 Å². The molecular formula is C21H31N3O6. The second kappa shape index (κ2) is 11.3. The van der Waals surface area contributed by atoms with Crippen LogP contribution in [0.1, 0.15) is 40.2 Å². The van der Waals surface area contributed by atoms with Crippen LogP contribution < -0.4 is 16.0 Å². The summed E-state index contributed by atoms with van der Waals surface area (Å²) in [5, 5.41) is 16.7. The molecule has 0 heterocycles. The van der Waals surface area contributed by atoms with Crippen molar-refractivity contribution in [3.05, 3.63) is 35.9 Å². The van der Waals surface area contributed by atoms with Crippen molar-refractivity contribution in [3.8, 4) is 0 Å². The lowest BCUT2D eigenvalue weighted by Gasteiger charge is -2.25. The largest absolute Gasteiger partial charge is 0.458 e. The van der Waals surface area contributed by atoms with Crippen molar-refractivity contribution < 1.29 is 29.0 Å². The maximum atomic E-state index is 12.3. The number of aliphatic hydroxyl groups is 1. The summed E-state index contributed by atoms with van der Waals surface area (Å²) < 4.78 is 5.13. The van der Waals surface area contributed by atoms with Gasteiger partial charge in [-0.05, 0) is 40.2 Å². The van der Waals surface area contributed by atoms with Crippen LogP contribution in [0.15, 0.2) is 30.3 Å². The zero-order valence-electron chi connectivity index (χ0n) is 18.0. The van der Waals surface area contributed by atoms with Crippen LogP contribution in [0.25, 0.3) is 0 Å². The Morgan fingerprint density at radius 3 is 2.00 bits per heavy atom. The Labute approximate surface area is 176 Å². The molecule has 9 nitrogen and oxygen atoms in total. The highest BCUT2D eigenvalue weighted by molar-refractivity contribution is 5.93. The van der Waals surface area contributed by atoms with Crippen molar-refractivity contribution in [3.63, 3.8) is 0 Å². The van der Waals surface area contributed by atoms with Crippen molar-refractivity contribution in [2.75, 3.05) is 6.61 Å². The van der Waals surface area contributed by atoms with Crippen molar-refractivity contribution >= 4 is 23.7 Å². The van der Waals surface area contributed by atoms with Crippen LogP contribution >= 0.6 is 0 Å². The lowest BCUT2D eigenvalue weighted by atomic mass is 10.1. The molecule has 9 heteroatoms. The molecule has 1 aromatic carbocycles. The first-order valence-corrected chi connectivity index (χ1v) is 9.70. The summed E-state index contributed by atoms with van der Waals surface area (Å²) in [6.45, 7) is 7.27. The summed E-state index contributed by atoms with van der Waals surface area (Å²) in [7, 11) is 0. The van der Waals surface area contributed by atoms with Gasteiger partial charge in [0.2, 0.25) is 17.7 Å². The van der Waals surface area contributed by atoms with E-state index in [1.54, 1.807) is 32.9 Å². The number of aliphatic hydroxyl groups excluding tert-OH is 1. The fourth-order valence-electron chi connectivity index (χ4n) is 2.39. The molecule has 0 unspecified atom stereocenters. The van der Waals surface area contributed by atoms with E-state index in [1.165, 1.54) is 13.8 Å². The van der Waals surface area contributed by atoms with Gasteiger partial charge < -0.3 is 25.8 Å². The van der Waals surface area contributed by atoms with Crippen LogP contribution in [0.5, 0.6) is 0 Å². The molecule has 0 radical (unpaired) electrons. The van der Waals surface area contributed by atoms with E-state index < -0.39 is 48.1 Å². The van der Waals surface area contributed by atoms with Gasteiger partial charge in [0.05, 0.1) is 13.0 Å². The monoisotopic (exact) mass is 421 g/mol. The maximum absolute atomic E-state index is 12.3. The Hall–Kier alpha value is -2.94. The molecule has 0 saturated heterocycles. The van der Waals surface area contributed by atoms with E-state index in [4.69, 9.17) is 4.74 Å². The molecule has 0 saturated carbocycles. The number of amides is 3. The Morgan fingerprint density at radius 2 is 1.47 bits per heavy atom. The molecule has 3 amide bonds. The summed E-state index contributed by atoms with van der Waals surface area (Å²) in [4.78, 5) is 48.6. The zero-order valence-corrected chi connectivity index (χ0v) is 18.0. The highest BCUT2D eigenvalue weighted by Gasteiger charge is 2.28. The van der Waals surface area contributed by atoms with Crippen LogP contribution in [0.2, 0.25) is 0 Å². The fourth-order valence-corrected chi connectivity index (χ4v) is 2.39. The summed E-state index contributed by atoms with van der Waals surface area (Å²) in [6.07, 6.45) is 0.128. The maximum Gasteiger partial charge on any atom is 0.331 e. The number of hydrogen-bond donors (Lipinski definition) is 4. The second-order valence-electron chi connectivity index (χ2n) is 7.96. The number of esters is 1. The van der Waals surface area contributed by atoms with E-state index in [1.807, 2.05) is 18.2 Å². The van der Waals surface area contributed by atoms with E-state index in [2.05, 4.69) is 16.0 Å². The van der Waals surface area contributed by atoms with Crippen LogP contribution in [0.3, 0.4) is 0 Å². The summed E-state index contributed by atoms with van der Waals surface area (Å²) in [6, 6.07) is 5.97. The van der Waals surface area contributed by atoms with E-state index in [-0.39, 0.29) is 12.3 Å². The quantitative estimate of drug-likeness (QED) is 0.417. The molecule has 0 aromatic heterocycles. The predicted octanol–water partition coefficient (Wildman–Crippen LogP) is 0.0573. The topological polar surface area (TPSA) is 134 Å². The molecule has 0 bridgehead atoms. The van der Waals surface area contributed by atoms with E-state index >= 15 is 0 Å². The van der Waals surface area contributed by atoms with Gasteiger partial charge in [-0.15, -0.1) is 0 Å². The average molecular weight is 421 g/mol. The fraction of sp³-hybridized carbons (Fsp3) is 0.524. The van der Waals surface area contributed by atoms with Gasteiger partial charge in [-0.1, -0.05) is 30.3 Å². The lowest BCUT2D eigenvalue weighted by molar-refractivity contribution is -0.159. The number of nitrogens with one attached hydrogen (secondary N) is 3. The van der Waals surface area contributed by atoms with Crippen molar-refractivity contribution in [1.29, 1.82) is 0 Å². The predicted molar refractivity (Wildman–Crippen MR) is 110 cm³/mol.